The Bertz CT molecular complexity index is 486. The molecule has 2 N–H and O–H groups in total. The first-order chi connectivity index (χ1) is 10.1. The molecule has 0 radical (unpaired) electrons. The number of hydrogen-bond donors (Lipinski definition) is 1. The molecule has 1 aromatic carbocycles. The van der Waals surface area contributed by atoms with Crippen molar-refractivity contribution in [1.82, 2.24) is 4.90 Å². The average Bonchev–Trinajstić information content (AvgIpc) is 2.52. The van der Waals surface area contributed by atoms with Crippen LogP contribution in [0.4, 0.5) is 4.39 Å². The van der Waals surface area contributed by atoms with E-state index in [0.717, 1.165) is 11.3 Å². The largest absolute Gasteiger partial charge is 0.370 e. The van der Waals surface area contributed by atoms with Gasteiger partial charge in [-0.1, -0.05) is 12.1 Å². The van der Waals surface area contributed by atoms with Crippen molar-refractivity contribution in [2.45, 2.75) is 18.6 Å². The van der Waals surface area contributed by atoms with Crippen LogP contribution in [-0.4, -0.2) is 48.6 Å². The van der Waals surface area contributed by atoms with Crippen LogP contribution in [0, 0.1) is 5.82 Å². The summed E-state index contributed by atoms with van der Waals surface area (Å²) in [5, 5.41) is 0. The fraction of sp³-hybridized carbons (Fsp3) is 0.533. The summed E-state index contributed by atoms with van der Waals surface area (Å²) < 4.78 is 18.9. The van der Waals surface area contributed by atoms with E-state index in [-0.39, 0.29) is 17.8 Å². The molecule has 1 saturated heterocycles. The number of amides is 1. The molecule has 0 saturated carbocycles. The number of rotatable bonds is 5. The Balaban J connectivity index is 1.98. The summed E-state index contributed by atoms with van der Waals surface area (Å²) in [5.41, 5.74) is 6.69. The topological polar surface area (TPSA) is 55.6 Å². The number of halogens is 1. The molecule has 1 fully saturated rings. The summed E-state index contributed by atoms with van der Waals surface area (Å²) in [4.78, 5) is 14.0. The lowest BCUT2D eigenvalue weighted by Gasteiger charge is -2.34. The van der Waals surface area contributed by atoms with Crippen molar-refractivity contribution in [3.05, 3.63) is 35.6 Å². The van der Waals surface area contributed by atoms with E-state index in [2.05, 4.69) is 0 Å². The summed E-state index contributed by atoms with van der Waals surface area (Å²) in [5.74, 6) is 0.523. The second-order valence-electron chi connectivity index (χ2n) is 5.09. The normalized spacial score (nSPS) is 20.3. The molecular formula is C15H21FN2O2S. The molecule has 21 heavy (non-hydrogen) atoms. The quantitative estimate of drug-likeness (QED) is 0.901. The van der Waals surface area contributed by atoms with Crippen LogP contribution in [0.2, 0.25) is 0 Å². The van der Waals surface area contributed by atoms with Crippen molar-refractivity contribution in [3.63, 3.8) is 0 Å². The molecule has 1 aliphatic heterocycles. The van der Waals surface area contributed by atoms with E-state index < -0.39 is 6.04 Å². The van der Waals surface area contributed by atoms with Crippen molar-refractivity contribution in [2.75, 3.05) is 31.7 Å². The number of nitrogens with two attached hydrogens (primary N) is 1. The molecule has 2 atom stereocenters. The molecule has 2 rings (SSSR count). The highest BCUT2D eigenvalue weighted by molar-refractivity contribution is 7.98. The number of benzene rings is 1. The van der Waals surface area contributed by atoms with Gasteiger partial charge in [0.05, 0.1) is 19.2 Å². The van der Waals surface area contributed by atoms with Gasteiger partial charge in [-0.2, -0.15) is 11.8 Å². The number of carbonyl (C=O) groups excluding carboxylic acids is 1. The second-order valence-corrected chi connectivity index (χ2v) is 6.07. The second kappa shape index (κ2) is 7.77. The highest BCUT2D eigenvalue weighted by Crippen LogP contribution is 2.23. The van der Waals surface area contributed by atoms with Gasteiger partial charge in [0.15, 0.2) is 0 Å². The van der Waals surface area contributed by atoms with E-state index in [1.165, 1.54) is 12.1 Å². The molecule has 1 heterocycles. The lowest BCUT2D eigenvalue weighted by atomic mass is 10.1. The van der Waals surface area contributed by atoms with Gasteiger partial charge in [0, 0.05) is 6.54 Å². The molecule has 116 valence electrons. The molecule has 0 aliphatic carbocycles. The molecule has 1 amide bonds. The minimum Gasteiger partial charge on any atom is -0.370 e. The first kappa shape index (κ1) is 16.3. The van der Waals surface area contributed by atoms with Gasteiger partial charge in [0.2, 0.25) is 5.91 Å². The molecule has 0 unspecified atom stereocenters. The van der Waals surface area contributed by atoms with Crippen LogP contribution in [0.5, 0.6) is 0 Å². The highest BCUT2D eigenvalue weighted by atomic mass is 32.2. The van der Waals surface area contributed by atoms with Crippen LogP contribution in [0.15, 0.2) is 24.3 Å². The Morgan fingerprint density at radius 2 is 2.43 bits per heavy atom. The standard InChI is InChI=1S/C15H21FN2O2S/c1-21-8-5-13(17)15(19)18-6-7-20-14(10-18)11-3-2-4-12(16)9-11/h2-4,9,13-14H,5-8,10,17H2,1H3/t13-,14-/m0/s1. The molecule has 1 aliphatic rings. The first-order valence-electron chi connectivity index (χ1n) is 7.02. The number of carbonyl (C=O) groups is 1. The molecule has 1 aromatic rings. The fourth-order valence-corrected chi connectivity index (χ4v) is 2.85. The third-order valence-electron chi connectivity index (χ3n) is 3.55. The molecule has 4 nitrogen and oxygen atoms in total. The number of ether oxygens (including phenoxy) is 1. The monoisotopic (exact) mass is 312 g/mol. The van der Waals surface area contributed by atoms with Crippen molar-refractivity contribution in [2.24, 2.45) is 5.73 Å². The van der Waals surface area contributed by atoms with Gasteiger partial charge in [-0.05, 0) is 36.1 Å². The maximum atomic E-state index is 13.3. The SMILES string of the molecule is CSCC[C@H](N)C(=O)N1CCO[C@H](c2cccc(F)c2)C1. The lowest BCUT2D eigenvalue weighted by molar-refractivity contribution is -0.140. The van der Waals surface area contributed by atoms with Crippen LogP contribution in [0.3, 0.4) is 0 Å². The predicted octanol–water partition coefficient (Wildman–Crippen LogP) is 1.81. The van der Waals surface area contributed by atoms with Gasteiger partial charge < -0.3 is 15.4 Å². The van der Waals surface area contributed by atoms with Crippen LogP contribution < -0.4 is 5.73 Å². The smallest absolute Gasteiger partial charge is 0.239 e. The maximum Gasteiger partial charge on any atom is 0.239 e. The third-order valence-corrected chi connectivity index (χ3v) is 4.19. The zero-order chi connectivity index (χ0) is 15.2. The molecule has 6 heteroatoms. The predicted molar refractivity (Wildman–Crippen MR) is 82.6 cm³/mol. The van der Waals surface area contributed by atoms with Crippen molar-refractivity contribution in [3.8, 4) is 0 Å². The Morgan fingerprint density at radius 1 is 1.62 bits per heavy atom. The Morgan fingerprint density at radius 3 is 3.14 bits per heavy atom. The summed E-state index contributed by atoms with van der Waals surface area (Å²) in [6.07, 6.45) is 2.37. The molecule has 0 bridgehead atoms. The van der Waals surface area contributed by atoms with Gasteiger partial charge in [-0.25, -0.2) is 4.39 Å². The Labute approximate surface area is 128 Å². The van der Waals surface area contributed by atoms with Crippen molar-refractivity contribution in [1.29, 1.82) is 0 Å². The Hall–Kier alpha value is -1.11. The Kier molecular flexibility index (Phi) is 6.02. The lowest BCUT2D eigenvalue weighted by Crippen LogP contribution is -2.49. The number of nitrogens with zero attached hydrogens (tertiary/aromatic N) is 1. The van der Waals surface area contributed by atoms with E-state index >= 15 is 0 Å². The molecule has 0 aromatic heterocycles. The van der Waals surface area contributed by atoms with Crippen molar-refractivity contribution < 1.29 is 13.9 Å². The summed E-state index contributed by atoms with van der Waals surface area (Å²) in [7, 11) is 0. The summed E-state index contributed by atoms with van der Waals surface area (Å²) >= 11 is 1.68. The summed E-state index contributed by atoms with van der Waals surface area (Å²) in [6.45, 7) is 1.41. The van der Waals surface area contributed by atoms with Gasteiger partial charge in [0.25, 0.3) is 0 Å². The number of thioether (sulfide) groups is 1. The van der Waals surface area contributed by atoms with E-state index in [9.17, 15) is 9.18 Å². The van der Waals surface area contributed by atoms with Crippen LogP contribution in [0.25, 0.3) is 0 Å². The highest BCUT2D eigenvalue weighted by Gasteiger charge is 2.28. The van der Waals surface area contributed by atoms with Crippen molar-refractivity contribution >= 4 is 17.7 Å². The zero-order valence-corrected chi connectivity index (χ0v) is 12.9. The van der Waals surface area contributed by atoms with E-state index in [1.54, 1.807) is 22.7 Å². The first-order valence-corrected chi connectivity index (χ1v) is 8.41. The number of hydrogen-bond acceptors (Lipinski definition) is 4. The summed E-state index contributed by atoms with van der Waals surface area (Å²) in [6, 6.07) is 5.84. The maximum absolute atomic E-state index is 13.3. The molecule has 0 spiro atoms. The average molecular weight is 312 g/mol. The third kappa shape index (κ3) is 4.43. The zero-order valence-electron chi connectivity index (χ0n) is 12.1. The van der Waals surface area contributed by atoms with Gasteiger partial charge in [-0.15, -0.1) is 0 Å². The van der Waals surface area contributed by atoms with Gasteiger partial charge >= 0.3 is 0 Å². The van der Waals surface area contributed by atoms with Crippen LogP contribution in [0.1, 0.15) is 18.1 Å². The number of morpholine rings is 1. The van der Waals surface area contributed by atoms with Gasteiger partial charge in [0.1, 0.15) is 11.9 Å². The van der Waals surface area contributed by atoms with Crippen LogP contribution >= 0.6 is 11.8 Å². The van der Waals surface area contributed by atoms with Gasteiger partial charge in [-0.3, -0.25) is 4.79 Å². The van der Waals surface area contributed by atoms with E-state index in [0.29, 0.717) is 26.1 Å². The van der Waals surface area contributed by atoms with E-state index in [1.807, 2.05) is 12.3 Å². The molecular weight excluding hydrogens is 291 g/mol. The minimum absolute atomic E-state index is 0.0475. The van der Waals surface area contributed by atoms with E-state index in [4.69, 9.17) is 10.5 Å². The fourth-order valence-electron chi connectivity index (χ4n) is 2.36. The minimum atomic E-state index is -0.469. The van der Waals surface area contributed by atoms with Crippen LogP contribution in [-0.2, 0) is 9.53 Å².